The van der Waals surface area contributed by atoms with Gasteiger partial charge in [-0.1, -0.05) is 61.7 Å². The minimum atomic E-state index is 0.348. The molecular formula is C37H41NO2. The Hall–Kier alpha value is -4.24. The topological polar surface area (TPSA) is 21.7 Å². The van der Waals surface area contributed by atoms with Crippen LogP contribution in [0.3, 0.4) is 0 Å². The number of aryl methyl sites for hydroxylation is 4. The number of benzene rings is 4. The predicted octanol–water partition coefficient (Wildman–Crippen LogP) is 10.2. The van der Waals surface area contributed by atoms with E-state index in [0.717, 1.165) is 29.9 Å². The van der Waals surface area contributed by atoms with E-state index < -0.39 is 0 Å². The van der Waals surface area contributed by atoms with E-state index in [1.807, 2.05) is 0 Å². The lowest BCUT2D eigenvalue weighted by Gasteiger charge is -2.27. The van der Waals surface area contributed by atoms with Crippen LogP contribution in [0.2, 0.25) is 0 Å². The zero-order valence-corrected chi connectivity index (χ0v) is 24.3. The SMILES string of the molecule is C=COCCC(CCOC=C)c1ccc(-c2ccc(N(c3ccc(C)c(C)c3)c3ccc(C)c(C)c3)cc2)cc1. The van der Waals surface area contributed by atoms with Crippen molar-refractivity contribution in [2.45, 2.75) is 46.5 Å². The Morgan fingerprint density at radius 2 is 1.00 bits per heavy atom. The molecule has 0 spiro atoms. The van der Waals surface area contributed by atoms with Crippen LogP contribution in [0.5, 0.6) is 0 Å². The highest BCUT2D eigenvalue weighted by molar-refractivity contribution is 5.79. The van der Waals surface area contributed by atoms with Crippen LogP contribution in [-0.2, 0) is 9.47 Å². The lowest BCUT2D eigenvalue weighted by molar-refractivity contribution is 0.208. The lowest BCUT2D eigenvalue weighted by Crippen LogP contribution is -2.10. The number of ether oxygens (including phenoxy) is 2. The molecule has 0 heterocycles. The van der Waals surface area contributed by atoms with E-state index in [1.54, 1.807) is 0 Å². The minimum Gasteiger partial charge on any atom is -0.502 e. The first-order valence-electron chi connectivity index (χ1n) is 14.0. The van der Waals surface area contributed by atoms with Crippen molar-refractivity contribution in [2.24, 2.45) is 0 Å². The Labute approximate surface area is 240 Å². The molecule has 4 aromatic carbocycles. The molecule has 0 saturated heterocycles. The molecule has 0 saturated carbocycles. The van der Waals surface area contributed by atoms with Gasteiger partial charge in [-0.3, -0.25) is 0 Å². The molecule has 0 aliphatic heterocycles. The predicted molar refractivity (Wildman–Crippen MR) is 170 cm³/mol. The highest BCUT2D eigenvalue weighted by atomic mass is 16.5. The van der Waals surface area contributed by atoms with Gasteiger partial charge in [0.25, 0.3) is 0 Å². The first-order chi connectivity index (χ1) is 19.4. The number of hydrogen-bond acceptors (Lipinski definition) is 3. The van der Waals surface area contributed by atoms with Crippen LogP contribution in [0.4, 0.5) is 17.1 Å². The van der Waals surface area contributed by atoms with Gasteiger partial charge >= 0.3 is 0 Å². The maximum absolute atomic E-state index is 5.40. The Balaban J connectivity index is 1.60. The smallest absolute Gasteiger partial charge is 0.0878 e. The van der Waals surface area contributed by atoms with Gasteiger partial charge in [0.05, 0.1) is 25.7 Å². The summed E-state index contributed by atoms with van der Waals surface area (Å²) < 4.78 is 10.8. The van der Waals surface area contributed by atoms with Crippen LogP contribution in [0, 0.1) is 27.7 Å². The zero-order valence-electron chi connectivity index (χ0n) is 24.3. The number of nitrogens with zero attached hydrogens (tertiary/aromatic N) is 1. The third kappa shape index (κ3) is 7.04. The van der Waals surface area contributed by atoms with E-state index in [0.29, 0.717) is 19.1 Å². The van der Waals surface area contributed by atoms with Gasteiger partial charge in [-0.25, -0.2) is 0 Å². The molecule has 0 unspecified atom stereocenters. The van der Waals surface area contributed by atoms with E-state index in [2.05, 4.69) is 131 Å². The zero-order chi connectivity index (χ0) is 28.5. The third-order valence-corrected chi connectivity index (χ3v) is 7.74. The fraction of sp³-hybridized carbons (Fsp3) is 0.243. The number of hydrogen-bond donors (Lipinski definition) is 0. The molecule has 0 N–H and O–H groups in total. The Kier molecular flexibility index (Phi) is 9.86. The van der Waals surface area contributed by atoms with Gasteiger partial charge in [-0.2, -0.15) is 0 Å². The minimum absolute atomic E-state index is 0.348. The fourth-order valence-corrected chi connectivity index (χ4v) is 4.99. The summed E-state index contributed by atoms with van der Waals surface area (Å²) in [5.74, 6) is 0.348. The summed E-state index contributed by atoms with van der Waals surface area (Å²) in [5.41, 5.74) is 12.3. The van der Waals surface area contributed by atoms with Crippen LogP contribution >= 0.6 is 0 Å². The van der Waals surface area contributed by atoms with Crippen molar-refractivity contribution < 1.29 is 9.47 Å². The van der Waals surface area contributed by atoms with Crippen LogP contribution in [0.15, 0.2) is 111 Å². The average molecular weight is 532 g/mol. The second-order valence-corrected chi connectivity index (χ2v) is 10.4. The van der Waals surface area contributed by atoms with Gasteiger partial charge < -0.3 is 14.4 Å². The van der Waals surface area contributed by atoms with Crippen LogP contribution in [0.25, 0.3) is 11.1 Å². The third-order valence-electron chi connectivity index (χ3n) is 7.74. The van der Waals surface area contributed by atoms with Crippen LogP contribution < -0.4 is 4.90 Å². The first-order valence-corrected chi connectivity index (χ1v) is 14.0. The molecule has 0 amide bonds. The van der Waals surface area contributed by atoms with Crippen LogP contribution in [-0.4, -0.2) is 13.2 Å². The molecule has 0 atom stereocenters. The van der Waals surface area contributed by atoms with Crippen molar-refractivity contribution in [3.63, 3.8) is 0 Å². The molecule has 206 valence electrons. The second kappa shape index (κ2) is 13.7. The van der Waals surface area contributed by atoms with Gasteiger partial charge in [0, 0.05) is 17.1 Å². The maximum Gasteiger partial charge on any atom is 0.0878 e. The molecular weight excluding hydrogens is 490 g/mol. The van der Waals surface area contributed by atoms with E-state index >= 15 is 0 Å². The highest BCUT2D eigenvalue weighted by Crippen LogP contribution is 2.37. The summed E-state index contributed by atoms with van der Waals surface area (Å²) in [5, 5.41) is 0. The Morgan fingerprint density at radius 3 is 1.43 bits per heavy atom. The normalized spacial score (nSPS) is 10.8. The van der Waals surface area contributed by atoms with Gasteiger partial charge in [0.1, 0.15) is 0 Å². The van der Waals surface area contributed by atoms with Gasteiger partial charge in [0.15, 0.2) is 0 Å². The molecule has 0 aliphatic carbocycles. The van der Waals surface area contributed by atoms with Crippen molar-refractivity contribution in [3.8, 4) is 11.1 Å². The molecule has 4 aromatic rings. The monoisotopic (exact) mass is 531 g/mol. The summed E-state index contributed by atoms with van der Waals surface area (Å²) in [6.45, 7) is 17.3. The number of anilines is 3. The standard InChI is InChI=1S/C37H41NO2/c1-7-39-23-21-34(22-24-40-8-2)32-13-11-31(12-14-32)33-15-19-35(20-16-33)38(36-17-9-27(3)29(5)25-36)37-18-10-28(4)30(6)26-37/h7-20,25-26,34H,1-2,21-24H2,3-6H3. The summed E-state index contributed by atoms with van der Waals surface area (Å²) >= 11 is 0. The first kappa shape index (κ1) is 28.8. The van der Waals surface area contributed by atoms with Crippen molar-refractivity contribution >= 4 is 17.1 Å². The molecule has 0 fully saturated rings. The molecule has 0 aliphatic rings. The van der Waals surface area contributed by atoms with Gasteiger partial charge in [-0.05, 0) is 122 Å². The highest BCUT2D eigenvalue weighted by Gasteiger charge is 2.15. The van der Waals surface area contributed by atoms with E-state index in [4.69, 9.17) is 9.47 Å². The summed E-state index contributed by atoms with van der Waals surface area (Å²) in [6, 6.07) is 31.1. The maximum atomic E-state index is 5.40. The van der Waals surface area contributed by atoms with E-state index in [9.17, 15) is 0 Å². The quantitative estimate of drug-likeness (QED) is 0.126. The van der Waals surface area contributed by atoms with Crippen molar-refractivity contribution in [2.75, 3.05) is 18.1 Å². The van der Waals surface area contributed by atoms with Gasteiger partial charge in [-0.15, -0.1) is 0 Å². The van der Waals surface area contributed by atoms with Crippen molar-refractivity contribution in [1.29, 1.82) is 0 Å². The van der Waals surface area contributed by atoms with Crippen LogP contribution in [0.1, 0.15) is 46.6 Å². The summed E-state index contributed by atoms with van der Waals surface area (Å²) in [4.78, 5) is 2.34. The van der Waals surface area contributed by atoms with E-state index in [-0.39, 0.29) is 0 Å². The molecule has 3 heteroatoms. The number of rotatable bonds is 13. The Bertz CT molecular complexity index is 1350. The van der Waals surface area contributed by atoms with Crippen molar-refractivity contribution in [1.82, 2.24) is 0 Å². The second-order valence-electron chi connectivity index (χ2n) is 10.4. The van der Waals surface area contributed by atoms with E-state index in [1.165, 1.54) is 51.5 Å². The molecule has 40 heavy (non-hydrogen) atoms. The molecule has 4 rings (SSSR count). The molecule has 0 radical (unpaired) electrons. The fourth-order valence-electron chi connectivity index (χ4n) is 4.99. The lowest BCUT2D eigenvalue weighted by atomic mass is 9.91. The summed E-state index contributed by atoms with van der Waals surface area (Å²) in [7, 11) is 0. The molecule has 0 bridgehead atoms. The van der Waals surface area contributed by atoms with Gasteiger partial charge in [0.2, 0.25) is 0 Å². The summed E-state index contributed by atoms with van der Waals surface area (Å²) in [6.07, 6.45) is 4.83. The largest absolute Gasteiger partial charge is 0.502 e. The average Bonchev–Trinajstić information content (AvgIpc) is 2.97. The van der Waals surface area contributed by atoms with Crippen molar-refractivity contribution in [3.05, 3.63) is 138 Å². The molecule has 0 aromatic heterocycles. The molecule has 3 nitrogen and oxygen atoms in total. The Morgan fingerprint density at radius 1 is 0.575 bits per heavy atom.